The largest absolute Gasteiger partial charge is 0.398 e. The van der Waals surface area contributed by atoms with Crippen LogP contribution in [0.3, 0.4) is 0 Å². The van der Waals surface area contributed by atoms with Crippen LogP contribution in [0.2, 0.25) is 0 Å². The van der Waals surface area contributed by atoms with Gasteiger partial charge >= 0.3 is 0 Å². The normalized spacial score (nSPS) is 10.1. The van der Waals surface area contributed by atoms with Crippen molar-refractivity contribution in [3.8, 4) is 0 Å². The van der Waals surface area contributed by atoms with Crippen LogP contribution in [0.1, 0.15) is 16.7 Å². The molecule has 0 fully saturated rings. The fraction of sp³-hybridized carbons (Fsp3) is 0.0476. The lowest BCUT2D eigenvalue weighted by molar-refractivity contribution is 1.48. The Labute approximate surface area is 138 Å². The average Bonchev–Trinajstić information content (AvgIpc) is 2.57. The van der Waals surface area contributed by atoms with Crippen molar-refractivity contribution in [3.05, 3.63) is 95.6 Å². The second-order valence-electron chi connectivity index (χ2n) is 5.25. The Hall–Kier alpha value is -3.00. The van der Waals surface area contributed by atoms with E-state index < -0.39 is 0 Å². The third-order valence-corrected chi connectivity index (χ3v) is 3.36. The molecule has 0 saturated heterocycles. The van der Waals surface area contributed by atoms with Crippen LogP contribution >= 0.6 is 0 Å². The van der Waals surface area contributed by atoms with Crippen molar-refractivity contribution in [2.24, 2.45) is 0 Å². The van der Waals surface area contributed by atoms with E-state index in [9.17, 15) is 0 Å². The van der Waals surface area contributed by atoms with E-state index in [2.05, 4.69) is 19.1 Å². The lowest BCUT2D eigenvalue weighted by Gasteiger charge is -2.03. The van der Waals surface area contributed by atoms with E-state index in [1.54, 1.807) is 0 Å². The Morgan fingerprint density at radius 1 is 0.609 bits per heavy atom. The molecular formula is C21H22N2. The molecule has 0 aromatic heterocycles. The van der Waals surface area contributed by atoms with E-state index in [1.165, 1.54) is 5.56 Å². The summed E-state index contributed by atoms with van der Waals surface area (Å²) in [4.78, 5) is 0. The third-order valence-electron chi connectivity index (χ3n) is 3.36. The van der Waals surface area contributed by atoms with E-state index in [-0.39, 0.29) is 0 Å². The predicted octanol–water partition coefficient (Wildman–Crippen LogP) is 5.02. The van der Waals surface area contributed by atoms with E-state index in [0.717, 1.165) is 11.1 Å². The predicted molar refractivity (Wildman–Crippen MR) is 102 cm³/mol. The van der Waals surface area contributed by atoms with Crippen LogP contribution in [0.15, 0.2) is 78.9 Å². The molecule has 2 nitrogen and oxygen atoms in total. The molecule has 23 heavy (non-hydrogen) atoms. The number of hydrogen-bond acceptors (Lipinski definition) is 2. The molecule has 0 atom stereocenters. The zero-order valence-corrected chi connectivity index (χ0v) is 13.3. The molecule has 0 aliphatic rings. The van der Waals surface area contributed by atoms with Gasteiger partial charge in [0.1, 0.15) is 0 Å². The lowest BCUT2D eigenvalue weighted by Crippen LogP contribution is -1.94. The highest BCUT2D eigenvalue weighted by Crippen LogP contribution is 2.21. The van der Waals surface area contributed by atoms with Gasteiger partial charge in [-0.3, -0.25) is 0 Å². The second-order valence-corrected chi connectivity index (χ2v) is 5.25. The molecule has 0 bridgehead atoms. The molecule has 116 valence electrons. The van der Waals surface area contributed by atoms with Gasteiger partial charge in [-0.25, -0.2) is 0 Å². The third kappa shape index (κ3) is 5.36. The van der Waals surface area contributed by atoms with Gasteiger partial charge in [-0.2, -0.15) is 0 Å². The molecule has 0 saturated carbocycles. The van der Waals surface area contributed by atoms with Crippen LogP contribution in [0.25, 0.3) is 12.2 Å². The number of benzene rings is 3. The van der Waals surface area contributed by atoms with Gasteiger partial charge in [-0.15, -0.1) is 0 Å². The van der Waals surface area contributed by atoms with Gasteiger partial charge in [0.2, 0.25) is 0 Å². The summed E-state index contributed by atoms with van der Waals surface area (Å²) in [6, 6.07) is 25.9. The summed E-state index contributed by atoms with van der Waals surface area (Å²) in [7, 11) is 0. The minimum Gasteiger partial charge on any atom is -0.398 e. The number of hydrogen-bond donors (Lipinski definition) is 2. The van der Waals surface area contributed by atoms with Crippen LogP contribution in [0, 0.1) is 6.92 Å². The molecule has 3 rings (SSSR count). The highest BCUT2D eigenvalue weighted by Gasteiger charge is 1.98. The maximum Gasteiger partial charge on any atom is 0.0408 e. The zero-order chi connectivity index (χ0) is 16.5. The fourth-order valence-corrected chi connectivity index (χ4v) is 2.07. The molecule has 0 radical (unpaired) electrons. The summed E-state index contributed by atoms with van der Waals surface area (Å²) in [6.07, 6.45) is 3.95. The maximum atomic E-state index is 5.85. The van der Waals surface area contributed by atoms with Gasteiger partial charge in [-0.1, -0.05) is 84.4 Å². The standard InChI is InChI=1S/C14H14N2.C7H8/c15-13-7-4-8-14(16)12(13)10-9-11-5-2-1-3-6-11;1-7-5-3-2-4-6-7/h1-10H,15-16H2;2-6H,1H3. The van der Waals surface area contributed by atoms with Crippen LogP contribution in [0.5, 0.6) is 0 Å². The molecule has 4 N–H and O–H groups in total. The Morgan fingerprint density at radius 3 is 1.61 bits per heavy atom. The Bertz CT molecular complexity index is 727. The fourth-order valence-electron chi connectivity index (χ4n) is 2.07. The van der Waals surface area contributed by atoms with Crippen LogP contribution in [-0.2, 0) is 0 Å². The van der Waals surface area contributed by atoms with Gasteiger partial charge in [0.05, 0.1) is 0 Å². The molecule has 3 aromatic rings. The summed E-state index contributed by atoms with van der Waals surface area (Å²) in [6.45, 7) is 2.08. The Kier molecular flexibility index (Phi) is 6.01. The van der Waals surface area contributed by atoms with Crippen molar-refractivity contribution < 1.29 is 0 Å². The van der Waals surface area contributed by atoms with Gasteiger partial charge in [0.25, 0.3) is 0 Å². The van der Waals surface area contributed by atoms with E-state index in [4.69, 9.17) is 11.5 Å². The quantitative estimate of drug-likeness (QED) is 0.516. The highest BCUT2D eigenvalue weighted by molar-refractivity contribution is 5.82. The smallest absolute Gasteiger partial charge is 0.0408 e. The topological polar surface area (TPSA) is 52.0 Å². The maximum absolute atomic E-state index is 5.85. The first kappa shape index (κ1) is 16.4. The van der Waals surface area contributed by atoms with Crippen molar-refractivity contribution in [1.29, 1.82) is 0 Å². The van der Waals surface area contributed by atoms with Crippen LogP contribution in [0.4, 0.5) is 11.4 Å². The molecule has 0 aliphatic carbocycles. The van der Waals surface area contributed by atoms with Gasteiger partial charge < -0.3 is 11.5 Å². The van der Waals surface area contributed by atoms with E-state index >= 15 is 0 Å². The minimum atomic E-state index is 0.701. The van der Waals surface area contributed by atoms with E-state index in [0.29, 0.717) is 11.4 Å². The SMILES string of the molecule is Cc1ccccc1.Nc1cccc(N)c1C=Cc1ccccc1. The molecule has 3 aromatic carbocycles. The number of nitrogens with two attached hydrogens (primary N) is 2. The Morgan fingerprint density at radius 2 is 1.13 bits per heavy atom. The highest BCUT2D eigenvalue weighted by atomic mass is 14.6. The van der Waals surface area contributed by atoms with Gasteiger partial charge in [0, 0.05) is 16.9 Å². The molecule has 0 spiro atoms. The molecular weight excluding hydrogens is 280 g/mol. The molecule has 0 unspecified atom stereocenters. The monoisotopic (exact) mass is 302 g/mol. The summed E-state index contributed by atoms with van der Waals surface area (Å²) in [5, 5.41) is 0. The lowest BCUT2D eigenvalue weighted by atomic mass is 10.1. The number of nitrogen functional groups attached to an aromatic ring is 2. The van der Waals surface area contributed by atoms with Crippen molar-refractivity contribution in [2.45, 2.75) is 6.92 Å². The van der Waals surface area contributed by atoms with Crippen molar-refractivity contribution in [1.82, 2.24) is 0 Å². The van der Waals surface area contributed by atoms with E-state index in [1.807, 2.05) is 78.9 Å². The first-order chi connectivity index (χ1) is 11.2. The summed E-state index contributed by atoms with van der Waals surface area (Å²) in [5.41, 5.74) is 16.4. The average molecular weight is 302 g/mol. The first-order valence-corrected chi connectivity index (χ1v) is 7.55. The van der Waals surface area contributed by atoms with Crippen LogP contribution < -0.4 is 11.5 Å². The number of rotatable bonds is 2. The molecule has 0 aliphatic heterocycles. The first-order valence-electron chi connectivity index (χ1n) is 7.55. The molecule has 0 heterocycles. The van der Waals surface area contributed by atoms with Crippen LogP contribution in [-0.4, -0.2) is 0 Å². The summed E-state index contributed by atoms with van der Waals surface area (Å²) < 4.78 is 0. The number of aryl methyl sites for hydroxylation is 1. The number of anilines is 2. The van der Waals surface area contributed by atoms with Gasteiger partial charge in [-0.05, 0) is 24.6 Å². The zero-order valence-electron chi connectivity index (χ0n) is 13.3. The van der Waals surface area contributed by atoms with Crippen molar-refractivity contribution in [2.75, 3.05) is 11.5 Å². The minimum absolute atomic E-state index is 0.701. The molecule has 2 heteroatoms. The Balaban J connectivity index is 0.000000229. The van der Waals surface area contributed by atoms with Gasteiger partial charge in [0.15, 0.2) is 0 Å². The summed E-state index contributed by atoms with van der Waals surface area (Å²) in [5.74, 6) is 0. The molecule has 0 amide bonds. The van der Waals surface area contributed by atoms with Crippen molar-refractivity contribution in [3.63, 3.8) is 0 Å². The summed E-state index contributed by atoms with van der Waals surface area (Å²) >= 11 is 0. The van der Waals surface area contributed by atoms with Crippen molar-refractivity contribution >= 4 is 23.5 Å². The second kappa shape index (κ2) is 8.44.